The van der Waals surface area contributed by atoms with Crippen LogP contribution >= 0.6 is 0 Å². The highest BCUT2D eigenvalue weighted by atomic mass is 32.2. The Hall–Kier alpha value is -2.36. The summed E-state index contributed by atoms with van der Waals surface area (Å²) in [6.07, 6.45) is -0.292. The number of aliphatic hydroxyl groups excluding tert-OH is 1. The Morgan fingerprint density at radius 1 is 1.11 bits per heavy atom. The monoisotopic (exact) mass is 508 g/mol. The molecule has 9 heteroatoms. The Balaban J connectivity index is 1.79. The van der Waals surface area contributed by atoms with E-state index in [4.69, 9.17) is 0 Å². The van der Waals surface area contributed by atoms with E-state index in [2.05, 4.69) is 31.4 Å². The van der Waals surface area contributed by atoms with Crippen molar-refractivity contribution in [1.82, 2.24) is 10.6 Å². The molecule has 0 fully saturated rings. The van der Waals surface area contributed by atoms with Gasteiger partial charge >= 0.3 is 0 Å². The third kappa shape index (κ3) is 8.08. The average Bonchev–Trinajstić information content (AvgIpc) is 2.69. The largest absolute Gasteiger partial charge is 0.390 e. The molecule has 0 aromatic heterocycles. The second kappa shape index (κ2) is 10.7. The summed E-state index contributed by atoms with van der Waals surface area (Å²) in [5.41, 5.74) is 3.08. The molecule has 6 nitrogen and oxygen atoms in total. The van der Waals surface area contributed by atoms with Crippen LogP contribution in [0.2, 0.25) is 0 Å². The molecule has 0 saturated carbocycles. The van der Waals surface area contributed by atoms with Crippen molar-refractivity contribution < 1.29 is 27.1 Å². The summed E-state index contributed by atoms with van der Waals surface area (Å²) in [7, 11) is -3.34. The Kier molecular flexibility index (Phi) is 8.34. The molecule has 3 N–H and O–H groups in total. The zero-order chi connectivity index (χ0) is 26.0. The van der Waals surface area contributed by atoms with Crippen molar-refractivity contribution in [2.24, 2.45) is 5.41 Å². The van der Waals surface area contributed by atoms with Crippen molar-refractivity contribution in [2.75, 3.05) is 12.3 Å². The van der Waals surface area contributed by atoms with Crippen molar-refractivity contribution in [3.8, 4) is 0 Å². The van der Waals surface area contributed by atoms with Crippen molar-refractivity contribution >= 4 is 15.7 Å². The van der Waals surface area contributed by atoms with Crippen molar-refractivity contribution in [3.05, 3.63) is 70.3 Å². The standard InChI is InChI=1S/C26H34F2N2O4S/c1-16(31)30-23(10-18-7-20(27)11-21(28)8-18)25(32)13-29-24-15-35(33,34)14-19-6-5-17(9-22(19)24)12-26(2,3)4/h5-9,11,23-25,29,32H,10,12-15H2,1-4H3,(H,30,31)/t23-,24?,25+/m0/s1. The van der Waals surface area contributed by atoms with E-state index >= 15 is 0 Å². The number of hydrogen-bond donors (Lipinski definition) is 3. The van der Waals surface area contributed by atoms with Gasteiger partial charge in [0.2, 0.25) is 5.91 Å². The maximum absolute atomic E-state index is 13.6. The van der Waals surface area contributed by atoms with Gasteiger partial charge in [0.25, 0.3) is 0 Å². The van der Waals surface area contributed by atoms with Gasteiger partial charge in [0.05, 0.1) is 23.7 Å². The molecule has 2 aromatic carbocycles. The SMILES string of the molecule is CC(=O)N[C@@H](Cc1cc(F)cc(F)c1)[C@H](O)CNC1CS(=O)(=O)Cc2ccc(CC(C)(C)C)cc21. The Morgan fingerprint density at radius 3 is 2.37 bits per heavy atom. The summed E-state index contributed by atoms with van der Waals surface area (Å²) < 4.78 is 52.3. The smallest absolute Gasteiger partial charge is 0.217 e. The lowest BCUT2D eigenvalue weighted by Gasteiger charge is -2.30. The minimum Gasteiger partial charge on any atom is -0.390 e. The van der Waals surface area contributed by atoms with Crippen molar-refractivity contribution in [1.29, 1.82) is 0 Å². The zero-order valence-corrected chi connectivity index (χ0v) is 21.4. The van der Waals surface area contributed by atoms with Crippen LogP contribution in [-0.2, 0) is 33.2 Å². The number of sulfone groups is 1. The number of amides is 1. The van der Waals surface area contributed by atoms with Crippen molar-refractivity contribution in [3.63, 3.8) is 0 Å². The molecule has 192 valence electrons. The van der Waals surface area contributed by atoms with Gasteiger partial charge in [-0.1, -0.05) is 39.0 Å². The van der Waals surface area contributed by atoms with Crippen LogP contribution in [0.5, 0.6) is 0 Å². The molecule has 1 aliphatic rings. The lowest BCUT2D eigenvalue weighted by Crippen LogP contribution is -2.49. The van der Waals surface area contributed by atoms with Crippen LogP contribution in [-0.4, -0.2) is 43.9 Å². The van der Waals surface area contributed by atoms with Crippen molar-refractivity contribution in [2.45, 2.75) is 64.5 Å². The molecule has 1 aliphatic heterocycles. The number of rotatable bonds is 8. The number of carbonyl (C=O) groups excluding carboxylic acids is 1. The maximum atomic E-state index is 13.6. The first-order valence-corrected chi connectivity index (χ1v) is 13.5. The highest BCUT2D eigenvalue weighted by Gasteiger charge is 2.31. The molecule has 3 atom stereocenters. The van der Waals surface area contributed by atoms with Gasteiger partial charge < -0.3 is 15.7 Å². The molecule has 1 unspecified atom stereocenters. The minimum absolute atomic E-state index is 0.00634. The quantitative estimate of drug-likeness (QED) is 0.509. The number of fused-ring (bicyclic) bond motifs is 1. The molecule has 3 rings (SSSR count). The van der Waals surface area contributed by atoms with E-state index in [-0.39, 0.29) is 35.4 Å². The topological polar surface area (TPSA) is 95.5 Å². The van der Waals surface area contributed by atoms with Gasteiger partial charge in [-0.05, 0) is 52.6 Å². The first-order valence-electron chi connectivity index (χ1n) is 11.7. The van der Waals surface area contributed by atoms with Gasteiger partial charge in [-0.25, -0.2) is 17.2 Å². The molecular formula is C26H34F2N2O4S. The summed E-state index contributed by atoms with van der Waals surface area (Å²) in [4.78, 5) is 11.7. The Labute approximate surface area is 206 Å². The summed E-state index contributed by atoms with van der Waals surface area (Å²) in [6.45, 7) is 7.67. The third-order valence-corrected chi connectivity index (χ3v) is 7.51. The lowest BCUT2D eigenvalue weighted by atomic mass is 9.86. The van der Waals surface area contributed by atoms with E-state index < -0.39 is 45.6 Å². The Bertz CT molecular complexity index is 1160. The molecular weight excluding hydrogens is 474 g/mol. The first-order chi connectivity index (χ1) is 16.2. The van der Waals surface area contributed by atoms with Gasteiger partial charge in [-0.15, -0.1) is 0 Å². The van der Waals surface area contributed by atoms with Crippen LogP contribution in [0.25, 0.3) is 0 Å². The molecule has 0 spiro atoms. The van der Waals surface area contributed by atoms with Gasteiger partial charge in [-0.2, -0.15) is 0 Å². The normalized spacial score (nSPS) is 19.0. The number of benzene rings is 2. The number of halogens is 2. The predicted molar refractivity (Wildman–Crippen MR) is 132 cm³/mol. The van der Waals surface area contributed by atoms with E-state index in [1.165, 1.54) is 6.92 Å². The van der Waals surface area contributed by atoms with Crippen LogP contribution < -0.4 is 10.6 Å². The molecule has 1 heterocycles. The van der Waals surface area contributed by atoms with E-state index in [1.54, 1.807) is 0 Å². The Morgan fingerprint density at radius 2 is 1.77 bits per heavy atom. The van der Waals surface area contributed by atoms with Crippen LogP contribution in [0.1, 0.15) is 56.0 Å². The molecule has 0 aliphatic carbocycles. The number of hydrogen-bond acceptors (Lipinski definition) is 5. The molecule has 0 bridgehead atoms. The highest BCUT2D eigenvalue weighted by Crippen LogP contribution is 2.31. The zero-order valence-electron chi connectivity index (χ0n) is 20.6. The summed E-state index contributed by atoms with van der Waals surface area (Å²) in [5.74, 6) is -2.03. The van der Waals surface area contributed by atoms with E-state index in [0.717, 1.165) is 41.3 Å². The fraction of sp³-hybridized carbons (Fsp3) is 0.500. The minimum atomic E-state index is -3.34. The molecule has 0 radical (unpaired) electrons. The van der Waals surface area contributed by atoms with Gasteiger partial charge in [0.1, 0.15) is 11.6 Å². The molecule has 35 heavy (non-hydrogen) atoms. The van der Waals surface area contributed by atoms with Gasteiger partial charge in [0, 0.05) is 25.6 Å². The molecule has 0 saturated heterocycles. The van der Waals surface area contributed by atoms with Crippen LogP contribution in [0, 0.1) is 17.0 Å². The number of aliphatic hydroxyl groups is 1. The van der Waals surface area contributed by atoms with Gasteiger partial charge in [0.15, 0.2) is 9.84 Å². The lowest BCUT2D eigenvalue weighted by molar-refractivity contribution is -0.120. The molecule has 2 aromatic rings. The average molecular weight is 509 g/mol. The first kappa shape index (κ1) is 27.2. The van der Waals surface area contributed by atoms with Crippen LogP contribution in [0.3, 0.4) is 0 Å². The van der Waals surface area contributed by atoms with Crippen LogP contribution in [0.4, 0.5) is 8.78 Å². The third-order valence-electron chi connectivity index (χ3n) is 5.92. The summed E-state index contributed by atoms with van der Waals surface area (Å²) >= 11 is 0. The number of carbonyl (C=O) groups is 1. The summed E-state index contributed by atoms with van der Waals surface area (Å²) in [5, 5.41) is 16.6. The van der Waals surface area contributed by atoms with E-state index in [9.17, 15) is 27.1 Å². The van der Waals surface area contributed by atoms with Crippen LogP contribution in [0.15, 0.2) is 36.4 Å². The maximum Gasteiger partial charge on any atom is 0.217 e. The predicted octanol–water partition coefficient (Wildman–Crippen LogP) is 3.22. The summed E-state index contributed by atoms with van der Waals surface area (Å²) in [6, 6.07) is 7.55. The fourth-order valence-electron chi connectivity index (χ4n) is 4.56. The fourth-order valence-corrected chi connectivity index (χ4v) is 6.22. The second-order valence-corrected chi connectivity index (χ2v) is 12.8. The highest BCUT2D eigenvalue weighted by molar-refractivity contribution is 7.90. The second-order valence-electron chi connectivity index (χ2n) is 10.6. The van der Waals surface area contributed by atoms with E-state index in [0.29, 0.717) is 0 Å². The van der Waals surface area contributed by atoms with Gasteiger partial charge in [-0.3, -0.25) is 4.79 Å². The molecule has 1 amide bonds. The number of nitrogens with one attached hydrogen (secondary N) is 2. The van der Waals surface area contributed by atoms with E-state index in [1.807, 2.05) is 18.2 Å².